The average molecular weight is 428 g/mol. The van der Waals surface area contributed by atoms with Gasteiger partial charge in [-0.25, -0.2) is 0 Å². The number of hydrogen-bond donors (Lipinski definition) is 2. The van der Waals surface area contributed by atoms with Gasteiger partial charge >= 0.3 is 0 Å². The molecule has 0 saturated carbocycles. The summed E-state index contributed by atoms with van der Waals surface area (Å²) in [4.78, 5) is 18.5. The first-order valence-electron chi connectivity index (χ1n) is 9.06. The monoisotopic (exact) mass is 427 g/mol. The highest BCUT2D eigenvalue weighted by Crippen LogP contribution is 2.37. The molecule has 0 saturated heterocycles. The van der Waals surface area contributed by atoms with Crippen molar-refractivity contribution in [1.82, 2.24) is 9.88 Å². The molecule has 1 amide bonds. The molecule has 1 aromatic heterocycles. The van der Waals surface area contributed by atoms with Crippen LogP contribution in [0.3, 0.4) is 0 Å². The van der Waals surface area contributed by atoms with E-state index in [0.29, 0.717) is 38.4 Å². The van der Waals surface area contributed by atoms with Crippen LogP contribution in [0.25, 0.3) is 11.1 Å². The number of halogens is 2. The molecule has 6 nitrogen and oxygen atoms in total. The number of pyridine rings is 1. The minimum absolute atomic E-state index is 0. The van der Waals surface area contributed by atoms with Crippen molar-refractivity contribution in [2.75, 3.05) is 19.7 Å². The Kier molecular flexibility index (Phi) is 10.1. The number of amides is 1. The Hall–Kier alpha value is -2.02. The number of nitrogens with zero attached hydrogens (tertiary/aromatic N) is 2. The van der Waals surface area contributed by atoms with E-state index in [9.17, 15) is 9.90 Å². The Labute approximate surface area is 177 Å². The molecule has 3 rings (SSSR count). The van der Waals surface area contributed by atoms with Crippen LogP contribution >= 0.6 is 24.8 Å². The maximum atomic E-state index is 12.5. The van der Waals surface area contributed by atoms with Crippen molar-refractivity contribution < 1.29 is 14.6 Å². The first-order chi connectivity index (χ1) is 12.7. The lowest BCUT2D eigenvalue weighted by atomic mass is 10.0. The van der Waals surface area contributed by atoms with Crippen LogP contribution in [0.5, 0.6) is 11.5 Å². The molecule has 0 aliphatic carbocycles. The second kappa shape index (κ2) is 11.7. The zero-order valence-corrected chi connectivity index (χ0v) is 17.3. The van der Waals surface area contributed by atoms with Gasteiger partial charge in [0, 0.05) is 36.5 Å². The molecule has 0 atom stereocenters. The fraction of sp³-hybridized carbons (Fsp3) is 0.400. The van der Waals surface area contributed by atoms with Crippen LogP contribution in [0.1, 0.15) is 31.2 Å². The van der Waals surface area contributed by atoms with E-state index in [2.05, 4.69) is 4.98 Å². The normalized spacial score (nSPS) is 12.7. The van der Waals surface area contributed by atoms with Crippen LogP contribution in [-0.2, 0) is 11.3 Å². The van der Waals surface area contributed by atoms with E-state index in [4.69, 9.17) is 10.5 Å². The maximum Gasteiger partial charge on any atom is 0.222 e. The third-order valence-electron chi connectivity index (χ3n) is 4.56. The number of aromatic hydroxyl groups is 1. The fourth-order valence-electron chi connectivity index (χ4n) is 3.17. The van der Waals surface area contributed by atoms with Crippen molar-refractivity contribution in [1.29, 1.82) is 0 Å². The molecule has 2 aromatic rings. The highest BCUT2D eigenvalue weighted by atomic mass is 35.5. The molecule has 1 aliphatic rings. The second-order valence-electron chi connectivity index (χ2n) is 6.49. The molecule has 0 unspecified atom stereocenters. The molecule has 3 N–H and O–H groups in total. The summed E-state index contributed by atoms with van der Waals surface area (Å²) in [7, 11) is 0. The summed E-state index contributed by atoms with van der Waals surface area (Å²) < 4.78 is 5.72. The van der Waals surface area contributed by atoms with Crippen LogP contribution in [0.4, 0.5) is 0 Å². The number of ether oxygens (including phenoxy) is 1. The summed E-state index contributed by atoms with van der Waals surface area (Å²) in [5, 5.41) is 10.4. The SMILES string of the molecule is Cl.Cl.NCCCCCC(=O)N1CCOc2c(O)cc(-c3cccnc3)cc2C1. The number of rotatable bonds is 6. The number of unbranched alkanes of at least 4 members (excludes halogenated alkanes) is 2. The van der Waals surface area contributed by atoms with Gasteiger partial charge < -0.3 is 20.5 Å². The van der Waals surface area contributed by atoms with Gasteiger partial charge in [-0.15, -0.1) is 24.8 Å². The number of fused-ring (bicyclic) bond motifs is 1. The van der Waals surface area contributed by atoms with Gasteiger partial charge in [0.15, 0.2) is 11.5 Å². The topological polar surface area (TPSA) is 88.7 Å². The molecule has 1 aromatic carbocycles. The van der Waals surface area contributed by atoms with E-state index < -0.39 is 0 Å². The Morgan fingerprint density at radius 2 is 2.04 bits per heavy atom. The standard InChI is InChI=1S/C20H25N3O3.2ClH/c21-7-3-1-2-6-19(25)23-9-10-26-20-17(14-23)11-16(12-18(20)24)15-5-4-8-22-13-15;;/h4-5,8,11-13,24H,1-3,6-7,9-10,14,21H2;2*1H. The summed E-state index contributed by atoms with van der Waals surface area (Å²) in [5.41, 5.74) is 8.08. The molecule has 0 radical (unpaired) electrons. The minimum atomic E-state index is 0. The van der Waals surface area contributed by atoms with Gasteiger partial charge in [-0.05, 0) is 43.1 Å². The van der Waals surface area contributed by atoms with Gasteiger partial charge in [-0.1, -0.05) is 12.5 Å². The van der Waals surface area contributed by atoms with Crippen molar-refractivity contribution in [2.24, 2.45) is 5.73 Å². The number of hydrogen-bond acceptors (Lipinski definition) is 5. The van der Waals surface area contributed by atoms with Crippen LogP contribution in [0, 0.1) is 0 Å². The third kappa shape index (κ3) is 5.99. The van der Waals surface area contributed by atoms with Crippen molar-refractivity contribution in [2.45, 2.75) is 32.2 Å². The van der Waals surface area contributed by atoms with E-state index in [1.807, 2.05) is 18.2 Å². The van der Waals surface area contributed by atoms with E-state index in [1.54, 1.807) is 23.4 Å². The third-order valence-corrected chi connectivity index (χ3v) is 4.56. The van der Waals surface area contributed by atoms with Gasteiger partial charge in [0.05, 0.1) is 6.54 Å². The summed E-state index contributed by atoms with van der Waals surface area (Å²) in [6.07, 6.45) is 6.74. The molecule has 8 heteroatoms. The summed E-state index contributed by atoms with van der Waals surface area (Å²) in [6.45, 7) is 2.00. The Morgan fingerprint density at radius 3 is 2.75 bits per heavy atom. The van der Waals surface area contributed by atoms with E-state index in [1.165, 1.54) is 0 Å². The van der Waals surface area contributed by atoms with Crippen molar-refractivity contribution in [3.05, 3.63) is 42.2 Å². The number of carbonyl (C=O) groups is 1. The zero-order valence-electron chi connectivity index (χ0n) is 15.7. The predicted molar refractivity (Wildman–Crippen MR) is 114 cm³/mol. The fourth-order valence-corrected chi connectivity index (χ4v) is 3.17. The Bertz CT molecular complexity index is 760. The molecule has 0 bridgehead atoms. The molecular formula is C20H27Cl2N3O3. The number of benzene rings is 1. The predicted octanol–water partition coefficient (Wildman–Crippen LogP) is 3.54. The van der Waals surface area contributed by atoms with Gasteiger partial charge in [-0.3, -0.25) is 9.78 Å². The Morgan fingerprint density at radius 1 is 1.21 bits per heavy atom. The Balaban J connectivity index is 0.00000196. The maximum absolute atomic E-state index is 12.5. The van der Waals surface area contributed by atoms with E-state index in [0.717, 1.165) is 36.0 Å². The molecule has 0 fully saturated rings. The van der Waals surface area contributed by atoms with Gasteiger partial charge in [0.25, 0.3) is 0 Å². The lowest BCUT2D eigenvalue weighted by molar-refractivity contribution is -0.132. The first-order valence-corrected chi connectivity index (χ1v) is 9.06. The number of phenolic OH excluding ortho intramolecular Hbond substituents is 1. The molecule has 0 spiro atoms. The van der Waals surface area contributed by atoms with Crippen LogP contribution < -0.4 is 10.5 Å². The lowest BCUT2D eigenvalue weighted by Crippen LogP contribution is -2.32. The van der Waals surface area contributed by atoms with Crippen LogP contribution in [0.2, 0.25) is 0 Å². The van der Waals surface area contributed by atoms with Gasteiger partial charge in [-0.2, -0.15) is 0 Å². The molecule has 2 heterocycles. The van der Waals surface area contributed by atoms with E-state index in [-0.39, 0.29) is 36.5 Å². The molecule has 1 aliphatic heterocycles. The number of aromatic nitrogens is 1. The number of nitrogens with two attached hydrogens (primary N) is 1. The van der Waals surface area contributed by atoms with Gasteiger partial charge in [0.2, 0.25) is 5.91 Å². The van der Waals surface area contributed by atoms with Crippen LogP contribution in [-0.4, -0.2) is 40.6 Å². The van der Waals surface area contributed by atoms with Crippen molar-refractivity contribution >= 4 is 30.7 Å². The van der Waals surface area contributed by atoms with E-state index >= 15 is 0 Å². The summed E-state index contributed by atoms with van der Waals surface area (Å²) in [6, 6.07) is 7.43. The van der Waals surface area contributed by atoms with Crippen LogP contribution in [0.15, 0.2) is 36.7 Å². The van der Waals surface area contributed by atoms with Crippen molar-refractivity contribution in [3.63, 3.8) is 0 Å². The smallest absolute Gasteiger partial charge is 0.222 e. The molecular weight excluding hydrogens is 401 g/mol. The molecule has 154 valence electrons. The quantitative estimate of drug-likeness (QED) is 0.688. The van der Waals surface area contributed by atoms with Gasteiger partial charge in [0.1, 0.15) is 6.61 Å². The number of carbonyl (C=O) groups excluding carboxylic acids is 1. The second-order valence-corrected chi connectivity index (χ2v) is 6.49. The average Bonchev–Trinajstić information content (AvgIpc) is 2.89. The zero-order chi connectivity index (χ0) is 18.4. The lowest BCUT2D eigenvalue weighted by Gasteiger charge is -2.20. The summed E-state index contributed by atoms with van der Waals surface area (Å²) in [5.74, 6) is 0.680. The molecule has 28 heavy (non-hydrogen) atoms. The highest BCUT2D eigenvalue weighted by molar-refractivity contribution is 5.85. The van der Waals surface area contributed by atoms with Crippen molar-refractivity contribution in [3.8, 4) is 22.6 Å². The summed E-state index contributed by atoms with van der Waals surface area (Å²) >= 11 is 0. The first kappa shape index (κ1) is 24.0. The minimum Gasteiger partial charge on any atom is -0.504 e. The number of phenols is 1. The highest BCUT2D eigenvalue weighted by Gasteiger charge is 2.22. The largest absolute Gasteiger partial charge is 0.504 e.